The van der Waals surface area contributed by atoms with Gasteiger partial charge in [-0.2, -0.15) is 0 Å². The van der Waals surface area contributed by atoms with Gasteiger partial charge in [-0.3, -0.25) is 4.79 Å². The van der Waals surface area contributed by atoms with Gasteiger partial charge < -0.3 is 5.11 Å². The van der Waals surface area contributed by atoms with E-state index in [2.05, 4.69) is 9.97 Å². The minimum absolute atomic E-state index is 0.0849. The molecule has 0 spiro atoms. The third-order valence-electron chi connectivity index (χ3n) is 4.90. The molecule has 4 rings (SSSR count). The number of carbonyl (C=O) groups excluding carboxylic acids is 1. The van der Waals surface area contributed by atoms with Gasteiger partial charge >= 0.3 is 5.97 Å². The average molecular weight is 583 g/mol. The Morgan fingerprint density at radius 1 is 0.667 bits per heavy atom. The van der Waals surface area contributed by atoms with Crippen LogP contribution < -0.4 is 0 Å². The Hall–Kier alpha value is -2.67. The van der Waals surface area contributed by atoms with Gasteiger partial charge in [-0.15, -0.1) is 0 Å². The first-order valence-corrected chi connectivity index (χ1v) is 12.2. The van der Waals surface area contributed by atoms with Gasteiger partial charge in [0.15, 0.2) is 0 Å². The van der Waals surface area contributed by atoms with Gasteiger partial charge in [0.2, 0.25) is 0 Å². The molecule has 0 fully saturated rings. The topological polar surface area (TPSA) is 80.2 Å². The van der Waals surface area contributed by atoms with Crippen molar-refractivity contribution in [3.63, 3.8) is 0 Å². The van der Waals surface area contributed by atoms with Gasteiger partial charge in [0.05, 0.1) is 31.5 Å². The van der Waals surface area contributed by atoms with Crippen molar-refractivity contribution in [3.8, 4) is 22.5 Å². The number of nitrogens with zero attached hydrogens (tertiary/aromatic N) is 2. The highest BCUT2D eigenvalue weighted by molar-refractivity contribution is 6.67. The van der Waals surface area contributed by atoms with Crippen molar-refractivity contribution in [2.24, 2.45) is 0 Å². The molecule has 2 heterocycles. The summed E-state index contributed by atoms with van der Waals surface area (Å²) < 4.78 is 0. The summed E-state index contributed by atoms with van der Waals surface area (Å²) in [6.07, 6.45) is 0. The Labute approximate surface area is 232 Å². The van der Waals surface area contributed by atoms with Gasteiger partial charge in [-0.25, -0.2) is 14.8 Å². The number of pyridine rings is 2. The summed E-state index contributed by atoms with van der Waals surface area (Å²) >= 11 is 29.4. The summed E-state index contributed by atoms with van der Waals surface area (Å²) in [5, 5.41) is 9.29. The van der Waals surface area contributed by atoms with Crippen LogP contribution in [-0.2, 0) is 0 Å². The quantitative estimate of drug-likeness (QED) is 0.243. The van der Waals surface area contributed by atoms with Gasteiger partial charge in [0.25, 0.3) is 5.24 Å². The van der Waals surface area contributed by atoms with E-state index in [9.17, 15) is 9.59 Å². The minimum Gasteiger partial charge on any atom is -0.477 e. The average Bonchev–Trinajstić information content (AvgIpc) is 2.84. The number of aromatic nitrogens is 2. The Bertz CT molecular complexity index is 1330. The first kappa shape index (κ1) is 27.9. The molecular weight excluding hydrogens is 566 g/mol. The van der Waals surface area contributed by atoms with Crippen LogP contribution in [0.5, 0.6) is 0 Å². The second-order valence-electron chi connectivity index (χ2n) is 7.61. The molecule has 0 aliphatic heterocycles. The molecule has 36 heavy (non-hydrogen) atoms. The van der Waals surface area contributed by atoms with Gasteiger partial charge in [0.1, 0.15) is 11.4 Å². The van der Waals surface area contributed by atoms with E-state index in [1.807, 2.05) is 62.4 Å². The molecule has 2 aromatic heterocycles. The molecule has 0 aliphatic carbocycles. The second kappa shape index (κ2) is 12.0. The standard InChI is InChI=1S/C13H8Cl3NO.C13H9Cl2NO2/c1-7-2-4-8(5-3-7)12-11(15)9(14)6-10(17-12)13(16)18;1-7-2-4-8(5-3-7)12-11(15)9(14)6-10(16-12)13(17)18/h2-6H,1H3;2-6H,1H3,(H,17,18). The number of hydrogen-bond acceptors (Lipinski definition) is 4. The number of aryl methyl sites for hydroxylation is 2. The molecule has 0 unspecified atom stereocenters. The maximum absolute atomic E-state index is 11.1. The lowest BCUT2D eigenvalue weighted by Gasteiger charge is -2.07. The lowest BCUT2D eigenvalue weighted by Crippen LogP contribution is -2.02. The smallest absolute Gasteiger partial charge is 0.354 e. The molecule has 184 valence electrons. The van der Waals surface area contributed by atoms with Crippen molar-refractivity contribution in [1.82, 2.24) is 9.97 Å². The molecule has 0 saturated carbocycles. The van der Waals surface area contributed by atoms with E-state index < -0.39 is 11.2 Å². The predicted octanol–water partition coefficient (Wildman–Crippen LogP) is 8.80. The third kappa shape index (κ3) is 6.75. The summed E-state index contributed by atoms with van der Waals surface area (Å²) in [6, 6.07) is 17.6. The largest absolute Gasteiger partial charge is 0.477 e. The van der Waals surface area contributed by atoms with Gasteiger partial charge in [-0.1, -0.05) is 106 Å². The number of carboxylic acids is 1. The minimum atomic E-state index is -1.14. The Kier molecular flexibility index (Phi) is 9.34. The fraction of sp³-hybridized carbons (Fsp3) is 0.0769. The number of benzene rings is 2. The first-order valence-electron chi connectivity index (χ1n) is 10.3. The van der Waals surface area contributed by atoms with E-state index in [0.29, 0.717) is 16.4 Å². The third-order valence-corrected chi connectivity index (χ3v) is 6.65. The number of aromatic carboxylic acids is 1. The van der Waals surface area contributed by atoms with Gasteiger partial charge in [0, 0.05) is 11.1 Å². The number of carboxylic acid groups (broad SMARTS) is 1. The second-order valence-corrected chi connectivity index (χ2v) is 9.53. The number of halogens is 5. The number of hydrogen-bond donors (Lipinski definition) is 1. The lowest BCUT2D eigenvalue weighted by molar-refractivity contribution is 0.0690. The predicted molar refractivity (Wildman–Crippen MR) is 146 cm³/mol. The molecule has 10 heteroatoms. The molecule has 0 atom stereocenters. The first-order chi connectivity index (χ1) is 17.0. The summed E-state index contributed by atoms with van der Waals surface area (Å²) in [5.74, 6) is -1.14. The van der Waals surface area contributed by atoms with Gasteiger partial charge in [-0.05, 0) is 37.6 Å². The van der Waals surface area contributed by atoms with Crippen molar-refractivity contribution in [2.45, 2.75) is 13.8 Å². The highest BCUT2D eigenvalue weighted by Gasteiger charge is 2.16. The zero-order valence-electron chi connectivity index (χ0n) is 18.8. The van der Waals surface area contributed by atoms with Crippen LogP contribution in [-0.4, -0.2) is 26.3 Å². The molecule has 1 N–H and O–H groups in total. The molecule has 0 bridgehead atoms. The molecule has 0 saturated heterocycles. The van der Waals surface area contributed by atoms with Crippen LogP contribution >= 0.6 is 58.0 Å². The van der Waals surface area contributed by atoms with Crippen LogP contribution in [0.3, 0.4) is 0 Å². The number of rotatable bonds is 4. The Morgan fingerprint density at radius 2 is 1.03 bits per heavy atom. The monoisotopic (exact) mass is 580 g/mol. The van der Waals surface area contributed by atoms with Crippen LogP contribution in [0.4, 0.5) is 0 Å². The summed E-state index contributed by atoms with van der Waals surface area (Å²) in [4.78, 5) is 30.2. The molecule has 0 aliphatic rings. The van der Waals surface area contributed by atoms with E-state index in [1.54, 1.807) is 0 Å². The number of carbonyl (C=O) groups is 2. The van der Waals surface area contributed by atoms with E-state index in [0.717, 1.165) is 22.3 Å². The summed E-state index contributed by atoms with van der Waals surface area (Å²) in [6.45, 7) is 3.93. The van der Waals surface area contributed by atoms with Crippen LogP contribution in [0.2, 0.25) is 20.1 Å². The van der Waals surface area contributed by atoms with E-state index in [1.165, 1.54) is 12.1 Å². The zero-order chi connectivity index (χ0) is 26.6. The summed E-state index contributed by atoms with van der Waals surface area (Å²) in [5.41, 5.74) is 4.51. The van der Waals surface area contributed by atoms with Crippen molar-refractivity contribution >= 4 is 69.2 Å². The summed E-state index contributed by atoms with van der Waals surface area (Å²) in [7, 11) is 0. The SMILES string of the molecule is Cc1ccc(-c2nc(C(=O)Cl)cc(Cl)c2Cl)cc1.Cc1ccc(-c2nc(C(=O)O)cc(Cl)c2Cl)cc1. The Balaban J connectivity index is 0.000000201. The highest BCUT2D eigenvalue weighted by atomic mass is 35.5. The van der Waals surface area contributed by atoms with Crippen molar-refractivity contribution < 1.29 is 14.7 Å². The molecular formula is C26H17Cl5N2O3. The van der Waals surface area contributed by atoms with Crippen LogP contribution in [0.25, 0.3) is 22.5 Å². The highest BCUT2D eigenvalue weighted by Crippen LogP contribution is 2.34. The fourth-order valence-electron chi connectivity index (χ4n) is 3.01. The van der Waals surface area contributed by atoms with Crippen LogP contribution in [0.15, 0.2) is 60.7 Å². The normalized spacial score (nSPS) is 10.4. The van der Waals surface area contributed by atoms with E-state index >= 15 is 0 Å². The molecule has 5 nitrogen and oxygen atoms in total. The Morgan fingerprint density at radius 3 is 1.39 bits per heavy atom. The lowest BCUT2D eigenvalue weighted by atomic mass is 10.1. The maximum Gasteiger partial charge on any atom is 0.354 e. The van der Waals surface area contributed by atoms with Crippen molar-refractivity contribution in [3.05, 3.63) is 103 Å². The van der Waals surface area contributed by atoms with Crippen molar-refractivity contribution in [1.29, 1.82) is 0 Å². The van der Waals surface area contributed by atoms with E-state index in [-0.39, 0.29) is 26.5 Å². The maximum atomic E-state index is 11.1. The molecule has 0 amide bonds. The molecule has 0 radical (unpaired) electrons. The molecule has 2 aromatic carbocycles. The zero-order valence-corrected chi connectivity index (χ0v) is 22.6. The molecule has 4 aromatic rings. The van der Waals surface area contributed by atoms with Crippen LogP contribution in [0.1, 0.15) is 32.1 Å². The fourth-order valence-corrected chi connectivity index (χ4v) is 3.91. The van der Waals surface area contributed by atoms with Crippen LogP contribution in [0, 0.1) is 13.8 Å². The van der Waals surface area contributed by atoms with E-state index in [4.69, 9.17) is 63.1 Å². The van der Waals surface area contributed by atoms with Crippen molar-refractivity contribution in [2.75, 3.05) is 0 Å².